The number of rotatable bonds is 10. The van der Waals surface area contributed by atoms with Crippen LogP contribution in [-0.2, 0) is 11.3 Å². The molecular formula is C25H29N3O3S. The number of unbranched alkanes of at least 4 members (excludes halogenated alkanes) is 1. The van der Waals surface area contributed by atoms with Gasteiger partial charge in [-0.15, -0.1) is 11.3 Å². The van der Waals surface area contributed by atoms with Crippen molar-refractivity contribution in [2.45, 2.75) is 33.2 Å². The lowest BCUT2D eigenvalue weighted by molar-refractivity contribution is -0.137. The summed E-state index contributed by atoms with van der Waals surface area (Å²) < 4.78 is 0. The third-order valence-electron chi connectivity index (χ3n) is 5.18. The van der Waals surface area contributed by atoms with Gasteiger partial charge in [0.15, 0.2) is 5.13 Å². The average Bonchev–Trinajstić information content (AvgIpc) is 3.18. The Balaban J connectivity index is 1.78. The van der Waals surface area contributed by atoms with Crippen molar-refractivity contribution >= 4 is 28.3 Å². The van der Waals surface area contributed by atoms with Gasteiger partial charge in [0, 0.05) is 36.1 Å². The Labute approximate surface area is 193 Å². The lowest BCUT2D eigenvalue weighted by atomic mass is 10.1. The van der Waals surface area contributed by atoms with Gasteiger partial charge >= 0.3 is 5.97 Å². The summed E-state index contributed by atoms with van der Waals surface area (Å²) in [4.78, 5) is 32.9. The highest BCUT2D eigenvalue weighted by molar-refractivity contribution is 7.16. The summed E-state index contributed by atoms with van der Waals surface area (Å²) in [6.07, 6.45) is 2.16. The fourth-order valence-corrected chi connectivity index (χ4v) is 4.40. The van der Waals surface area contributed by atoms with Crippen molar-refractivity contribution in [1.82, 2.24) is 9.88 Å². The first-order valence-corrected chi connectivity index (χ1v) is 11.5. The predicted octanol–water partition coefficient (Wildman–Crippen LogP) is 5.08. The Kier molecular flexibility index (Phi) is 8.00. The maximum absolute atomic E-state index is 12.4. The highest BCUT2D eigenvalue weighted by atomic mass is 32.1. The van der Waals surface area contributed by atoms with Crippen LogP contribution in [0.4, 0.5) is 5.13 Å². The van der Waals surface area contributed by atoms with E-state index < -0.39 is 5.97 Å². The number of carbonyl (C=O) groups is 2. The van der Waals surface area contributed by atoms with Crippen molar-refractivity contribution < 1.29 is 14.7 Å². The molecule has 168 valence electrons. The molecule has 1 amide bonds. The fraction of sp³-hybridized carbons (Fsp3) is 0.320. The van der Waals surface area contributed by atoms with Gasteiger partial charge in [-0.1, -0.05) is 55.8 Å². The number of aromatic nitrogens is 1. The minimum Gasteiger partial charge on any atom is -0.480 e. The van der Waals surface area contributed by atoms with Crippen LogP contribution in [0.5, 0.6) is 0 Å². The summed E-state index contributed by atoms with van der Waals surface area (Å²) in [5.41, 5.74) is 3.70. The Morgan fingerprint density at radius 2 is 1.75 bits per heavy atom. The fourth-order valence-electron chi connectivity index (χ4n) is 3.44. The predicted molar refractivity (Wildman–Crippen MR) is 129 cm³/mol. The molecule has 0 aliphatic carbocycles. The van der Waals surface area contributed by atoms with Crippen molar-refractivity contribution in [2.24, 2.45) is 0 Å². The largest absolute Gasteiger partial charge is 0.480 e. The molecule has 0 spiro atoms. The molecule has 2 aromatic carbocycles. The van der Waals surface area contributed by atoms with E-state index in [1.54, 1.807) is 23.5 Å². The van der Waals surface area contributed by atoms with Gasteiger partial charge in [-0.2, -0.15) is 0 Å². The van der Waals surface area contributed by atoms with Crippen LogP contribution in [0.25, 0.3) is 11.3 Å². The number of carbonyl (C=O) groups excluding carboxylic acids is 1. The van der Waals surface area contributed by atoms with Gasteiger partial charge in [-0.05, 0) is 31.0 Å². The van der Waals surface area contributed by atoms with E-state index >= 15 is 0 Å². The molecule has 0 saturated heterocycles. The van der Waals surface area contributed by atoms with Crippen LogP contribution in [0, 0.1) is 6.92 Å². The van der Waals surface area contributed by atoms with Gasteiger partial charge in [0.2, 0.25) is 0 Å². The summed E-state index contributed by atoms with van der Waals surface area (Å²) in [6.45, 7) is 5.56. The molecule has 3 rings (SSSR count). The van der Waals surface area contributed by atoms with E-state index in [1.807, 2.05) is 30.3 Å². The average molecular weight is 452 g/mol. The van der Waals surface area contributed by atoms with E-state index in [0.717, 1.165) is 41.3 Å². The first-order valence-electron chi connectivity index (χ1n) is 10.7. The molecule has 0 aliphatic rings. The van der Waals surface area contributed by atoms with Crippen molar-refractivity contribution in [3.05, 3.63) is 70.6 Å². The second-order valence-corrected chi connectivity index (χ2v) is 8.98. The summed E-state index contributed by atoms with van der Waals surface area (Å²) in [6, 6.07) is 17.6. The molecule has 0 saturated carbocycles. The number of likely N-dealkylation sites (N-methyl/N-ethyl adjacent to an activating group) is 1. The number of aliphatic carboxylic acids is 1. The molecule has 1 aromatic heterocycles. The van der Waals surface area contributed by atoms with E-state index in [9.17, 15) is 9.59 Å². The third kappa shape index (κ3) is 5.95. The molecule has 0 atom stereocenters. The normalized spacial score (nSPS) is 10.7. The number of anilines is 1. The van der Waals surface area contributed by atoms with Gasteiger partial charge in [-0.25, -0.2) is 4.98 Å². The number of hydrogen-bond acceptors (Lipinski definition) is 5. The highest BCUT2D eigenvalue weighted by Crippen LogP contribution is 2.33. The second-order valence-electron chi connectivity index (χ2n) is 7.79. The summed E-state index contributed by atoms with van der Waals surface area (Å²) in [5, 5.41) is 9.89. The number of carboxylic acid groups (broad SMARTS) is 1. The number of aryl methyl sites for hydroxylation is 1. The number of amides is 1. The van der Waals surface area contributed by atoms with Crippen LogP contribution in [0.3, 0.4) is 0 Å². The maximum atomic E-state index is 12.4. The molecule has 1 heterocycles. The van der Waals surface area contributed by atoms with Crippen LogP contribution in [0.15, 0.2) is 54.6 Å². The van der Waals surface area contributed by atoms with Gasteiger partial charge in [-0.3, -0.25) is 9.59 Å². The number of nitrogens with zero attached hydrogens (tertiary/aromatic N) is 3. The highest BCUT2D eigenvalue weighted by Gasteiger charge is 2.17. The molecule has 0 radical (unpaired) electrons. The van der Waals surface area contributed by atoms with Crippen LogP contribution in [-0.4, -0.2) is 47.0 Å². The van der Waals surface area contributed by atoms with Crippen LogP contribution >= 0.6 is 11.3 Å². The van der Waals surface area contributed by atoms with E-state index in [1.165, 1.54) is 16.8 Å². The van der Waals surface area contributed by atoms with E-state index in [4.69, 9.17) is 10.1 Å². The zero-order chi connectivity index (χ0) is 23.1. The Hall–Kier alpha value is -3.19. The molecule has 7 heteroatoms. The number of thiazole rings is 1. The Morgan fingerprint density at radius 3 is 2.38 bits per heavy atom. The van der Waals surface area contributed by atoms with Crippen molar-refractivity contribution in [3.63, 3.8) is 0 Å². The number of hydrogen-bond donors (Lipinski definition) is 1. The quantitative estimate of drug-likeness (QED) is 0.465. The standard InChI is InChI=1S/C25H29N3O3S/c1-4-5-15-28(25-26-23(18(2)32-25)20-9-7-6-8-10-20)16-19-11-13-21(14-12-19)24(31)27(3)17-22(29)30/h6-14H,4-5,15-17H2,1-3H3,(H,29,30). The van der Waals surface area contributed by atoms with Gasteiger partial charge in [0.25, 0.3) is 5.91 Å². The van der Waals surface area contributed by atoms with Gasteiger partial charge in [0.05, 0.1) is 5.69 Å². The SMILES string of the molecule is CCCCN(Cc1ccc(C(=O)N(C)CC(=O)O)cc1)c1nc(-c2ccccc2)c(C)s1. The summed E-state index contributed by atoms with van der Waals surface area (Å²) in [5.74, 6) is -1.33. The minimum absolute atomic E-state index is 0.301. The van der Waals surface area contributed by atoms with Crippen molar-refractivity contribution in [3.8, 4) is 11.3 Å². The zero-order valence-corrected chi connectivity index (χ0v) is 19.6. The van der Waals surface area contributed by atoms with E-state index in [2.05, 4.69) is 30.9 Å². The van der Waals surface area contributed by atoms with Crippen molar-refractivity contribution in [2.75, 3.05) is 25.0 Å². The van der Waals surface area contributed by atoms with Crippen LogP contribution < -0.4 is 4.90 Å². The topological polar surface area (TPSA) is 73.7 Å². The number of carboxylic acids is 1. The molecule has 0 bridgehead atoms. The first-order chi connectivity index (χ1) is 15.4. The number of benzene rings is 2. The van der Waals surface area contributed by atoms with Crippen LogP contribution in [0.2, 0.25) is 0 Å². The third-order valence-corrected chi connectivity index (χ3v) is 6.21. The van der Waals surface area contributed by atoms with Crippen LogP contribution in [0.1, 0.15) is 40.6 Å². The molecular weight excluding hydrogens is 422 g/mol. The summed E-state index contributed by atoms with van der Waals surface area (Å²) in [7, 11) is 1.49. The van der Waals surface area contributed by atoms with Gasteiger partial charge in [0.1, 0.15) is 6.54 Å². The molecule has 0 fully saturated rings. The smallest absolute Gasteiger partial charge is 0.323 e. The monoisotopic (exact) mass is 451 g/mol. The van der Waals surface area contributed by atoms with Gasteiger partial charge < -0.3 is 14.9 Å². The summed E-state index contributed by atoms with van der Waals surface area (Å²) >= 11 is 1.70. The molecule has 0 unspecified atom stereocenters. The lowest BCUT2D eigenvalue weighted by Gasteiger charge is -2.22. The molecule has 32 heavy (non-hydrogen) atoms. The van der Waals surface area contributed by atoms with E-state index in [0.29, 0.717) is 12.1 Å². The molecule has 6 nitrogen and oxygen atoms in total. The van der Waals surface area contributed by atoms with E-state index in [-0.39, 0.29) is 12.5 Å². The van der Waals surface area contributed by atoms with Crippen molar-refractivity contribution in [1.29, 1.82) is 0 Å². The molecule has 0 aliphatic heterocycles. The minimum atomic E-state index is -1.03. The second kappa shape index (κ2) is 10.9. The molecule has 1 N–H and O–H groups in total. The lowest BCUT2D eigenvalue weighted by Crippen LogP contribution is -2.31. The Morgan fingerprint density at radius 1 is 1.06 bits per heavy atom. The maximum Gasteiger partial charge on any atom is 0.323 e. The first kappa shape index (κ1) is 23.5. The Bertz CT molecular complexity index is 1050. The molecule has 3 aromatic rings. The zero-order valence-electron chi connectivity index (χ0n) is 18.7.